The Morgan fingerprint density at radius 1 is 1.18 bits per heavy atom. The van der Waals surface area contributed by atoms with Gasteiger partial charge in [0.25, 0.3) is 11.8 Å². The molecule has 0 radical (unpaired) electrons. The summed E-state index contributed by atoms with van der Waals surface area (Å²) in [7, 11) is 0. The highest BCUT2D eigenvalue weighted by atomic mass is 16.5. The summed E-state index contributed by atoms with van der Waals surface area (Å²) >= 11 is 0. The topological polar surface area (TPSA) is 81.4 Å². The van der Waals surface area contributed by atoms with Crippen molar-refractivity contribution in [3.05, 3.63) is 29.8 Å². The van der Waals surface area contributed by atoms with Gasteiger partial charge in [-0.05, 0) is 31.9 Å². The second kappa shape index (κ2) is 7.82. The van der Waals surface area contributed by atoms with E-state index in [2.05, 4.69) is 5.32 Å². The molecular formula is C17H24N2O3. The number of carbonyl (C=O) groups is 2. The third-order valence-corrected chi connectivity index (χ3v) is 4.03. The number of rotatable bonds is 5. The van der Waals surface area contributed by atoms with E-state index in [1.165, 1.54) is 12.8 Å². The van der Waals surface area contributed by atoms with Crippen LogP contribution in [0.15, 0.2) is 24.3 Å². The molecule has 0 spiro atoms. The van der Waals surface area contributed by atoms with Crippen molar-refractivity contribution in [2.75, 3.05) is 0 Å². The van der Waals surface area contributed by atoms with Crippen LogP contribution >= 0.6 is 0 Å². The standard InChI is InChI=1S/C17H24N2O3/c1-12(17(21)19-13-8-4-2-3-5-9-13)22-15-11-7-6-10-14(15)16(18)20/h6-7,10-13H,2-5,8-9H2,1H3,(H2,18,20)(H,19,21)/t12-/m1/s1. The Kier molecular flexibility index (Phi) is 5.81. The van der Waals surface area contributed by atoms with Gasteiger partial charge < -0.3 is 15.8 Å². The largest absolute Gasteiger partial charge is 0.480 e. The Hall–Kier alpha value is -2.04. The van der Waals surface area contributed by atoms with Crippen LogP contribution in [0.1, 0.15) is 55.8 Å². The molecule has 2 amide bonds. The number of primary amides is 1. The number of carbonyl (C=O) groups excluding carboxylic acids is 2. The molecule has 3 N–H and O–H groups in total. The summed E-state index contributed by atoms with van der Waals surface area (Å²) in [6.07, 6.45) is 6.18. The first kappa shape index (κ1) is 16.3. The molecule has 1 fully saturated rings. The van der Waals surface area contributed by atoms with E-state index >= 15 is 0 Å². The smallest absolute Gasteiger partial charge is 0.260 e. The molecule has 2 rings (SSSR count). The molecule has 5 nitrogen and oxygen atoms in total. The van der Waals surface area contributed by atoms with Gasteiger partial charge >= 0.3 is 0 Å². The Bertz CT molecular complexity index is 522. The van der Waals surface area contributed by atoms with Gasteiger partial charge in [-0.1, -0.05) is 37.8 Å². The lowest BCUT2D eigenvalue weighted by molar-refractivity contribution is -0.128. The zero-order valence-electron chi connectivity index (χ0n) is 13.0. The number of ether oxygens (including phenoxy) is 1. The lowest BCUT2D eigenvalue weighted by Crippen LogP contribution is -2.42. The van der Waals surface area contributed by atoms with Gasteiger partial charge in [0.15, 0.2) is 6.10 Å². The third-order valence-electron chi connectivity index (χ3n) is 4.03. The highest BCUT2D eigenvalue weighted by Gasteiger charge is 2.21. The van der Waals surface area contributed by atoms with Crippen molar-refractivity contribution in [2.45, 2.75) is 57.6 Å². The molecule has 0 saturated heterocycles. The molecule has 1 atom stereocenters. The van der Waals surface area contributed by atoms with E-state index in [0.29, 0.717) is 5.75 Å². The number of para-hydroxylation sites is 1. The van der Waals surface area contributed by atoms with E-state index in [9.17, 15) is 9.59 Å². The maximum Gasteiger partial charge on any atom is 0.260 e. The molecule has 1 aromatic rings. The highest BCUT2D eigenvalue weighted by Crippen LogP contribution is 2.20. The number of nitrogens with one attached hydrogen (secondary N) is 1. The van der Waals surface area contributed by atoms with Crippen LogP contribution in [0.3, 0.4) is 0 Å². The van der Waals surface area contributed by atoms with E-state index in [0.717, 1.165) is 25.7 Å². The average Bonchev–Trinajstić information content (AvgIpc) is 2.76. The molecule has 5 heteroatoms. The summed E-state index contributed by atoms with van der Waals surface area (Å²) in [6, 6.07) is 6.93. The van der Waals surface area contributed by atoms with Crippen LogP contribution in [0.2, 0.25) is 0 Å². The van der Waals surface area contributed by atoms with Gasteiger partial charge in [-0.25, -0.2) is 0 Å². The summed E-state index contributed by atoms with van der Waals surface area (Å²) < 4.78 is 5.63. The fourth-order valence-corrected chi connectivity index (χ4v) is 2.76. The molecule has 0 bridgehead atoms. The monoisotopic (exact) mass is 304 g/mol. The molecule has 0 aliphatic heterocycles. The van der Waals surface area contributed by atoms with Gasteiger partial charge in [0.05, 0.1) is 5.56 Å². The predicted molar refractivity (Wildman–Crippen MR) is 84.7 cm³/mol. The molecule has 1 aliphatic carbocycles. The molecular weight excluding hydrogens is 280 g/mol. The Labute approximate surface area is 131 Å². The summed E-state index contributed by atoms with van der Waals surface area (Å²) in [5.74, 6) is -0.364. The summed E-state index contributed by atoms with van der Waals surface area (Å²) in [5, 5.41) is 3.05. The first-order chi connectivity index (χ1) is 10.6. The second-order valence-corrected chi connectivity index (χ2v) is 5.82. The molecule has 22 heavy (non-hydrogen) atoms. The van der Waals surface area contributed by atoms with E-state index in [-0.39, 0.29) is 17.5 Å². The van der Waals surface area contributed by atoms with Crippen LogP contribution in [0, 0.1) is 0 Å². The quantitative estimate of drug-likeness (QED) is 0.820. The molecule has 1 aromatic carbocycles. The molecule has 0 unspecified atom stereocenters. The van der Waals surface area contributed by atoms with Gasteiger partial charge in [-0.2, -0.15) is 0 Å². The Morgan fingerprint density at radius 2 is 1.82 bits per heavy atom. The number of nitrogens with two attached hydrogens (primary N) is 1. The van der Waals surface area contributed by atoms with Crippen molar-refractivity contribution < 1.29 is 14.3 Å². The van der Waals surface area contributed by atoms with E-state index in [1.807, 2.05) is 0 Å². The minimum absolute atomic E-state index is 0.147. The van der Waals surface area contributed by atoms with E-state index in [4.69, 9.17) is 10.5 Å². The van der Waals surface area contributed by atoms with Crippen LogP contribution in [0.4, 0.5) is 0 Å². The summed E-state index contributed by atoms with van der Waals surface area (Å²) in [6.45, 7) is 1.68. The highest BCUT2D eigenvalue weighted by molar-refractivity contribution is 5.95. The maximum atomic E-state index is 12.3. The van der Waals surface area contributed by atoms with Gasteiger partial charge in [0, 0.05) is 6.04 Å². The molecule has 1 aliphatic rings. The van der Waals surface area contributed by atoms with Crippen molar-refractivity contribution in [3.63, 3.8) is 0 Å². The minimum Gasteiger partial charge on any atom is -0.480 e. The van der Waals surface area contributed by atoms with Crippen molar-refractivity contribution in [3.8, 4) is 5.75 Å². The number of benzene rings is 1. The number of amides is 2. The van der Waals surface area contributed by atoms with Crippen LogP contribution in [-0.2, 0) is 4.79 Å². The first-order valence-electron chi connectivity index (χ1n) is 7.94. The summed E-state index contributed by atoms with van der Waals surface area (Å²) in [4.78, 5) is 23.6. The second-order valence-electron chi connectivity index (χ2n) is 5.82. The molecule has 1 saturated carbocycles. The predicted octanol–water partition coefficient (Wildman–Crippen LogP) is 2.39. The lowest BCUT2D eigenvalue weighted by atomic mass is 10.1. The molecule has 0 aromatic heterocycles. The van der Waals surface area contributed by atoms with Crippen molar-refractivity contribution in [1.29, 1.82) is 0 Å². The molecule has 120 valence electrons. The Morgan fingerprint density at radius 3 is 2.45 bits per heavy atom. The normalized spacial score (nSPS) is 17.3. The SMILES string of the molecule is C[C@@H](Oc1ccccc1C(N)=O)C(=O)NC1CCCCCC1. The number of hydrogen-bond donors (Lipinski definition) is 2. The van der Waals surface area contributed by atoms with Crippen molar-refractivity contribution in [2.24, 2.45) is 5.73 Å². The Balaban J connectivity index is 1.95. The lowest BCUT2D eigenvalue weighted by Gasteiger charge is -2.21. The molecule has 0 heterocycles. The van der Waals surface area contributed by atoms with Gasteiger partial charge in [-0.3, -0.25) is 9.59 Å². The zero-order chi connectivity index (χ0) is 15.9. The third kappa shape index (κ3) is 4.48. The van der Waals surface area contributed by atoms with Crippen molar-refractivity contribution in [1.82, 2.24) is 5.32 Å². The zero-order valence-corrected chi connectivity index (χ0v) is 13.0. The van der Waals surface area contributed by atoms with Gasteiger partial charge in [-0.15, -0.1) is 0 Å². The van der Waals surface area contributed by atoms with Gasteiger partial charge in [0.2, 0.25) is 0 Å². The van der Waals surface area contributed by atoms with E-state index < -0.39 is 12.0 Å². The van der Waals surface area contributed by atoms with Crippen LogP contribution in [-0.4, -0.2) is 24.0 Å². The van der Waals surface area contributed by atoms with Crippen molar-refractivity contribution >= 4 is 11.8 Å². The summed E-state index contributed by atoms with van der Waals surface area (Å²) in [5.41, 5.74) is 5.60. The van der Waals surface area contributed by atoms with Crippen LogP contribution in [0.25, 0.3) is 0 Å². The number of hydrogen-bond acceptors (Lipinski definition) is 3. The van der Waals surface area contributed by atoms with Gasteiger partial charge in [0.1, 0.15) is 5.75 Å². The fraction of sp³-hybridized carbons (Fsp3) is 0.529. The minimum atomic E-state index is -0.663. The van der Waals surface area contributed by atoms with Crippen LogP contribution in [0.5, 0.6) is 5.75 Å². The fourth-order valence-electron chi connectivity index (χ4n) is 2.76. The van der Waals surface area contributed by atoms with E-state index in [1.54, 1.807) is 31.2 Å². The first-order valence-corrected chi connectivity index (χ1v) is 7.94. The maximum absolute atomic E-state index is 12.3. The average molecular weight is 304 g/mol. The van der Waals surface area contributed by atoms with Crippen LogP contribution < -0.4 is 15.8 Å².